The summed E-state index contributed by atoms with van der Waals surface area (Å²) in [5.41, 5.74) is 1.85. The van der Waals surface area contributed by atoms with Gasteiger partial charge in [-0.15, -0.1) is 0 Å². The van der Waals surface area contributed by atoms with Crippen molar-refractivity contribution in [3.8, 4) is 17.0 Å². The molecule has 1 N–H and O–H groups in total. The highest BCUT2D eigenvalue weighted by Crippen LogP contribution is 2.38. The van der Waals surface area contributed by atoms with E-state index in [0.29, 0.717) is 34.4 Å². The van der Waals surface area contributed by atoms with E-state index in [1.54, 1.807) is 19.5 Å². The molecule has 0 atom stereocenters. The Bertz CT molecular complexity index is 1230. The van der Waals surface area contributed by atoms with Crippen molar-refractivity contribution in [3.05, 3.63) is 64.3 Å². The van der Waals surface area contributed by atoms with Crippen molar-refractivity contribution in [3.63, 3.8) is 0 Å². The Morgan fingerprint density at radius 3 is 2.72 bits per heavy atom. The van der Waals surface area contributed by atoms with Crippen LogP contribution in [0.2, 0.25) is 0 Å². The van der Waals surface area contributed by atoms with Gasteiger partial charge < -0.3 is 18.9 Å². The van der Waals surface area contributed by atoms with Gasteiger partial charge in [-0.2, -0.15) is 10.1 Å². The average molecular weight is 393 g/mol. The van der Waals surface area contributed by atoms with E-state index in [9.17, 15) is 9.90 Å². The molecule has 0 saturated heterocycles. The molecule has 0 aliphatic heterocycles. The summed E-state index contributed by atoms with van der Waals surface area (Å²) in [6, 6.07) is 7.31. The molecule has 9 heteroatoms. The van der Waals surface area contributed by atoms with Gasteiger partial charge in [0.15, 0.2) is 5.82 Å². The number of hydrogen-bond donors (Lipinski definition) is 1. The summed E-state index contributed by atoms with van der Waals surface area (Å²) in [7, 11) is 1.60. The van der Waals surface area contributed by atoms with E-state index in [-0.39, 0.29) is 18.7 Å². The highest BCUT2D eigenvalue weighted by atomic mass is 16.5. The third kappa shape index (κ3) is 3.09. The summed E-state index contributed by atoms with van der Waals surface area (Å²) in [4.78, 5) is 17.5. The maximum absolute atomic E-state index is 13.1. The van der Waals surface area contributed by atoms with Gasteiger partial charge in [0.25, 0.3) is 5.56 Å². The van der Waals surface area contributed by atoms with Gasteiger partial charge in [0, 0.05) is 29.4 Å². The van der Waals surface area contributed by atoms with E-state index in [1.807, 2.05) is 24.3 Å². The number of benzene rings is 1. The summed E-state index contributed by atoms with van der Waals surface area (Å²) in [6.45, 7) is -0.139. The maximum Gasteiger partial charge on any atom is 0.277 e. The van der Waals surface area contributed by atoms with Crippen LogP contribution in [0.3, 0.4) is 0 Å². The van der Waals surface area contributed by atoms with E-state index in [4.69, 9.17) is 9.26 Å². The molecular weight excluding hydrogens is 374 g/mol. The van der Waals surface area contributed by atoms with Crippen LogP contribution in [0.15, 0.2) is 46.0 Å². The Hall–Kier alpha value is -3.46. The van der Waals surface area contributed by atoms with Crippen LogP contribution in [0.5, 0.6) is 5.75 Å². The number of aliphatic hydroxyl groups is 1. The summed E-state index contributed by atoms with van der Waals surface area (Å²) < 4.78 is 13.4. The zero-order valence-corrected chi connectivity index (χ0v) is 15.8. The molecule has 1 aliphatic rings. The molecule has 148 valence electrons. The van der Waals surface area contributed by atoms with Crippen molar-refractivity contribution in [2.75, 3.05) is 7.11 Å². The Kier molecular flexibility index (Phi) is 4.17. The van der Waals surface area contributed by atoms with Crippen LogP contribution in [-0.2, 0) is 13.2 Å². The quantitative estimate of drug-likeness (QED) is 0.534. The zero-order chi connectivity index (χ0) is 20.0. The van der Waals surface area contributed by atoms with E-state index in [1.165, 1.54) is 9.08 Å². The van der Waals surface area contributed by atoms with Crippen molar-refractivity contribution in [1.29, 1.82) is 0 Å². The molecule has 0 bridgehead atoms. The third-order valence-electron chi connectivity index (χ3n) is 5.11. The number of methoxy groups -OCH3 is 1. The van der Waals surface area contributed by atoms with Crippen LogP contribution >= 0.6 is 0 Å². The van der Waals surface area contributed by atoms with Gasteiger partial charge in [-0.05, 0) is 37.1 Å². The van der Waals surface area contributed by atoms with Crippen molar-refractivity contribution in [1.82, 2.24) is 24.3 Å². The zero-order valence-electron chi connectivity index (χ0n) is 15.8. The Balaban J connectivity index is 1.55. The fourth-order valence-electron chi connectivity index (χ4n) is 3.39. The van der Waals surface area contributed by atoms with Crippen LogP contribution in [0.1, 0.15) is 36.0 Å². The van der Waals surface area contributed by atoms with Crippen LogP contribution in [0.25, 0.3) is 16.8 Å². The normalized spacial score (nSPS) is 13.9. The Morgan fingerprint density at radius 1 is 1.24 bits per heavy atom. The number of hydrogen-bond acceptors (Lipinski definition) is 7. The third-order valence-corrected chi connectivity index (χ3v) is 5.11. The first-order valence-electron chi connectivity index (χ1n) is 9.36. The lowest BCUT2D eigenvalue weighted by atomic mass is 10.1. The van der Waals surface area contributed by atoms with Crippen LogP contribution in [0.4, 0.5) is 0 Å². The van der Waals surface area contributed by atoms with E-state index in [0.717, 1.165) is 24.2 Å². The standard InChI is InChI=1S/C20H19N5O4/c1-28-14-6-4-12(5-7-14)17-15(11-26)18-20(27)24(8-9-25(18)22-17)10-16-21-19(23-29-16)13-2-3-13/h4-9,13,26H,2-3,10-11H2,1H3. The molecule has 0 unspecified atom stereocenters. The smallest absolute Gasteiger partial charge is 0.277 e. The minimum absolute atomic E-state index is 0.170. The fraction of sp³-hybridized carbons (Fsp3) is 0.300. The van der Waals surface area contributed by atoms with Gasteiger partial charge in [-0.3, -0.25) is 4.79 Å². The summed E-state index contributed by atoms with van der Waals surface area (Å²) in [5, 5.41) is 18.5. The first-order valence-corrected chi connectivity index (χ1v) is 9.36. The number of fused-ring (bicyclic) bond motifs is 1. The lowest BCUT2D eigenvalue weighted by molar-refractivity contribution is 0.283. The molecule has 0 spiro atoms. The van der Waals surface area contributed by atoms with Crippen LogP contribution in [0, 0.1) is 0 Å². The van der Waals surface area contributed by atoms with E-state index >= 15 is 0 Å². The van der Waals surface area contributed by atoms with E-state index < -0.39 is 0 Å². The molecule has 0 radical (unpaired) electrons. The number of aliphatic hydroxyl groups excluding tert-OH is 1. The summed E-state index contributed by atoms with van der Waals surface area (Å²) >= 11 is 0. The summed E-state index contributed by atoms with van der Waals surface area (Å²) in [6.07, 6.45) is 5.47. The lowest BCUT2D eigenvalue weighted by Gasteiger charge is -2.04. The molecule has 1 fully saturated rings. The Labute approximate surface area is 165 Å². The SMILES string of the molecule is COc1ccc(-c2nn3ccn(Cc4nc(C5CC5)no4)c(=O)c3c2CO)cc1. The van der Waals surface area contributed by atoms with E-state index in [2.05, 4.69) is 15.2 Å². The van der Waals surface area contributed by atoms with Gasteiger partial charge in [0.1, 0.15) is 17.8 Å². The molecule has 5 rings (SSSR count). The highest BCUT2D eigenvalue weighted by Gasteiger charge is 2.29. The predicted molar refractivity (Wildman–Crippen MR) is 103 cm³/mol. The van der Waals surface area contributed by atoms with Crippen LogP contribution < -0.4 is 10.3 Å². The van der Waals surface area contributed by atoms with Gasteiger partial charge in [0.05, 0.1) is 19.4 Å². The van der Waals surface area contributed by atoms with Crippen molar-refractivity contribution in [2.45, 2.75) is 31.9 Å². The molecular formula is C20H19N5O4. The second-order valence-corrected chi connectivity index (χ2v) is 7.06. The maximum atomic E-state index is 13.1. The summed E-state index contributed by atoms with van der Waals surface area (Å²) in [5.74, 6) is 2.19. The molecule has 1 aliphatic carbocycles. The lowest BCUT2D eigenvalue weighted by Crippen LogP contribution is -2.22. The van der Waals surface area contributed by atoms with Crippen molar-refractivity contribution in [2.24, 2.45) is 0 Å². The van der Waals surface area contributed by atoms with Gasteiger partial charge in [0.2, 0.25) is 5.89 Å². The van der Waals surface area contributed by atoms with Crippen molar-refractivity contribution >= 4 is 5.52 Å². The molecule has 9 nitrogen and oxygen atoms in total. The molecule has 29 heavy (non-hydrogen) atoms. The second-order valence-electron chi connectivity index (χ2n) is 7.06. The molecule has 1 aromatic carbocycles. The topological polar surface area (TPSA) is 108 Å². The first-order chi connectivity index (χ1) is 14.2. The second kappa shape index (κ2) is 6.85. The van der Waals surface area contributed by atoms with Crippen LogP contribution in [-0.4, -0.2) is 36.5 Å². The predicted octanol–water partition coefficient (Wildman–Crippen LogP) is 1.97. The van der Waals surface area contributed by atoms with Gasteiger partial charge >= 0.3 is 0 Å². The minimum Gasteiger partial charge on any atom is -0.497 e. The number of nitrogens with zero attached hydrogens (tertiary/aromatic N) is 5. The van der Waals surface area contributed by atoms with Gasteiger partial charge in [-0.25, -0.2) is 4.52 Å². The average Bonchev–Trinajstić information content (AvgIpc) is 3.37. The molecule has 4 aromatic rings. The largest absolute Gasteiger partial charge is 0.497 e. The first kappa shape index (κ1) is 17.6. The Morgan fingerprint density at radius 2 is 2.03 bits per heavy atom. The molecule has 3 heterocycles. The monoisotopic (exact) mass is 393 g/mol. The number of aromatic nitrogens is 5. The van der Waals surface area contributed by atoms with Gasteiger partial charge in [-0.1, -0.05) is 5.16 Å². The van der Waals surface area contributed by atoms with Crippen molar-refractivity contribution < 1.29 is 14.4 Å². The number of rotatable bonds is 6. The molecule has 0 amide bonds. The number of ether oxygens (including phenoxy) is 1. The fourth-order valence-corrected chi connectivity index (χ4v) is 3.39. The molecule has 1 saturated carbocycles. The minimum atomic E-state index is -0.309. The highest BCUT2D eigenvalue weighted by molar-refractivity contribution is 5.72. The molecule has 3 aromatic heterocycles.